The molecular weight excluding hydrogens is 440 g/mol. The standard InChI is InChI=1S/C24H22N4O4S/c1-16(29)27-11-9-18-13-21(6-7-22(18)27)33(31,32)26-20-5-4-17-8-12-28(23(17)14-20)24(30)19-3-2-10-25-15-19/h2-7,10,13-15,26H,8-9,11-12H2,1H3. The van der Waals surface area contributed by atoms with Gasteiger partial charge in [0.15, 0.2) is 0 Å². The number of rotatable bonds is 4. The first-order valence-electron chi connectivity index (χ1n) is 10.6. The number of hydrogen-bond donors (Lipinski definition) is 1. The number of sulfonamides is 1. The molecule has 168 valence electrons. The fraction of sp³-hybridized carbons (Fsp3) is 0.208. The molecule has 1 N–H and O–H groups in total. The Bertz CT molecular complexity index is 1370. The van der Waals surface area contributed by atoms with Crippen molar-refractivity contribution in [2.45, 2.75) is 24.7 Å². The second-order valence-electron chi connectivity index (χ2n) is 8.11. The molecule has 8 nitrogen and oxygen atoms in total. The van der Waals surface area contributed by atoms with Gasteiger partial charge in [-0.1, -0.05) is 6.07 Å². The smallest absolute Gasteiger partial charge is 0.261 e. The molecule has 33 heavy (non-hydrogen) atoms. The van der Waals surface area contributed by atoms with Crippen molar-refractivity contribution in [3.63, 3.8) is 0 Å². The Balaban J connectivity index is 1.41. The number of anilines is 3. The zero-order chi connectivity index (χ0) is 23.2. The summed E-state index contributed by atoms with van der Waals surface area (Å²) in [6.07, 6.45) is 4.44. The lowest BCUT2D eigenvalue weighted by molar-refractivity contribution is -0.116. The van der Waals surface area contributed by atoms with Crippen LogP contribution in [0.5, 0.6) is 0 Å². The predicted octanol–water partition coefficient (Wildman–Crippen LogP) is 2.99. The number of amides is 2. The molecule has 0 bridgehead atoms. The van der Waals surface area contributed by atoms with Crippen molar-refractivity contribution in [1.82, 2.24) is 4.98 Å². The number of pyridine rings is 1. The summed E-state index contributed by atoms with van der Waals surface area (Å²) in [5.74, 6) is -0.235. The van der Waals surface area contributed by atoms with Gasteiger partial charge in [0.05, 0.1) is 16.1 Å². The van der Waals surface area contributed by atoms with E-state index >= 15 is 0 Å². The molecule has 2 aliphatic rings. The molecule has 0 radical (unpaired) electrons. The third kappa shape index (κ3) is 3.84. The van der Waals surface area contributed by atoms with E-state index in [0.29, 0.717) is 42.9 Å². The fourth-order valence-electron chi connectivity index (χ4n) is 4.39. The van der Waals surface area contributed by atoms with Crippen LogP contribution in [0.25, 0.3) is 0 Å². The molecule has 2 amide bonds. The van der Waals surface area contributed by atoms with Crippen molar-refractivity contribution in [2.75, 3.05) is 27.6 Å². The minimum Gasteiger partial charge on any atom is -0.312 e. The predicted molar refractivity (Wildman–Crippen MR) is 125 cm³/mol. The Hall–Kier alpha value is -3.72. The van der Waals surface area contributed by atoms with Crippen molar-refractivity contribution >= 4 is 38.9 Å². The van der Waals surface area contributed by atoms with Crippen molar-refractivity contribution < 1.29 is 18.0 Å². The molecule has 3 aromatic rings. The molecule has 0 atom stereocenters. The van der Waals surface area contributed by atoms with E-state index in [1.165, 1.54) is 19.2 Å². The summed E-state index contributed by atoms with van der Waals surface area (Å²) >= 11 is 0. The average Bonchev–Trinajstić information content (AvgIpc) is 3.42. The van der Waals surface area contributed by atoms with E-state index in [4.69, 9.17) is 0 Å². The molecule has 3 heterocycles. The molecular formula is C24H22N4O4S. The first-order chi connectivity index (χ1) is 15.8. The van der Waals surface area contributed by atoms with E-state index in [9.17, 15) is 18.0 Å². The third-order valence-electron chi connectivity index (χ3n) is 6.02. The summed E-state index contributed by atoms with van der Waals surface area (Å²) in [6.45, 7) is 2.57. The lowest BCUT2D eigenvalue weighted by Crippen LogP contribution is -2.29. The maximum absolute atomic E-state index is 13.1. The van der Waals surface area contributed by atoms with Crippen molar-refractivity contribution in [3.05, 3.63) is 77.6 Å². The molecule has 0 aliphatic carbocycles. The van der Waals surface area contributed by atoms with Crippen LogP contribution in [-0.4, -0.2) is 38.3 Å². The molecule has 0 fully saturated rings. The molecule has 0 saturated heterocycles. The summed E-state index contributed by atoms with van der Waals surface area (Å²) in [6, 6.07) is 13.5. The minimum absolute atomic E-state index is 0.0639. The van der Waals surface area contributed by atoms with Gasteiger partial charge in [-0.05, 0) is 66.4 Å². The number of carbonyl (C=O) groups excluding carboxylic acids is 2. The number of carbonyl (C=O) groups is 2. The van der Waals surface area contributed by atoms with E-state index in [1.54, 1.807) is 52.4 Å². The van der Waals surface area contributed by atoms with Crippen LogP contribution in [0, 0.1) is 0 Å². The van der Waals surface area contributed by atoms with Gasteiger partial charge in [-0.25, -0.2) is 8.42 Å². The summed E-state index contributed by atoms with van der Waals surface area (Å²) in [5, 5.41) is 0. The van der Waals surface area contributed by atoms with Crippen LogP contribution >= 0.6 is 0 Å². The Labute approximate surface area is 191 Å². The number of nitrogens with one attached hydrogen (secondary N) is 1. The summed E-state index contributed by atoms with van der Waals surface area (Å²) in [7, 11) is -3.85. The van der Waals surface area contributed by atoms with Crippen LogP contribution in [0.15, 0.2) is 65.8 Å². The topological polar surface area (TPSA) is 99.7 Å². The average molecular weight is 463 g/mol. The van der Waals surface area contributed by atoms with Gasteiger partial charge in [0.25, 0.3) is 15.9 Å². The number of benzene rings is 2. The first-order valence-corrected chi connectivity index (χ1v) is 12.1. The summed E-state index contributed by atoms with van der Waals surface area (Å²) in [4.78, 5) is 32.1. The Morgan fingerprint density at radius 3 is 2.48 bits per heavy atom. The maximum Gasteiger partial charge on any atom is 0.261 e. The third-order valence-corrected chi connectivity index (χ3v) is 7.40. The van der Waals surface area contributed by atoms with E-state index in [0.717, 1.165) is 16.8 Å². The zero-order valence-corrected chi connectivity index (χ0v) is 18.8. The van der Waals surface area contributed by atoms with Crippen LogP contribution in [0.3, 0.4) is 0 Å². The van der Waals surface area contributed by atoms with Crippen LogP contribution in [-0.2, 0) is 27.7 Å². The van der Waals surface area contributed by atoms with E-state index < -0.39 is 10.0 Å². The highest BCUT2D eigenvalue weighted by Crippen LogP contribution is 2.34. The monoisotopic (exact) mass is 462 g/mol. The summed E-state index contributed by atoms with van der Waals surface area (Å²) in [5.41, 5.74) is 4.12. The minimum atomic E-state index is -3.85. The molecule has 0 spiro atoms. The quantitative estimate of drug-likeness (QED) is 0.643. The number of nitrogens with zero attached hydrogens (tertiary/aromatic N) is 3. The van der Waals surface area contributed by atoms with Gasteiger partial charge >= 0.3 is 0 Å². The van der Waals surface area contributed by atoms with Crippen molar-refractivity contribution in [1.29, 1.82) is 0 Å². The van der Waals surface area contributed by atoms with E-state index in [1.807, 2.05) is 6.07 Å². The second-order valence-corrected chi connectivity index (χ2v) is 9.79. The highest BCUT2D eigenvalue weighted by molar-refractivity contribution is 7.92. The molecule has 5 rings (SSSR count). The zero-order valence-electron chi connectivity index (χ0n) is 18.0. The van der Waals surface area contributed by atoms with Gasteiger partial charge in [0.1, 0.15) is 0 Å². The van der Waals surface area contributed by atoms with E-state index in [2.05, 4.69) is 9.71 Å². The number of fused-ring (bicyclic) bond motifs is 2. The number of hydrogen-bond acceptors (Lipinski definition) is 5. The largest absolute Gasteiger partial charge is 0.312 e. The van der Waals surface area contributed by atoms with Crippen molar-refractivity contribution in [2.24, 2.45) is 0 Å². The molecule has 9 heteroatoms. The summed E-state index contributed by atoms with van der Waals surface area (Å²) < 4.78 is 28.8. The number of aromatic nitrogens is 1. The van der Waals surface area contributed by atoms with Gasteiger partial charge in [-0.15, -0.1) is 0 Å². The molecule has 0 unspecified atom stereocenters. The molecule has 1 aromatic heterocycles. The van der Waals surface area contributed by atoms with Gasteiger partial charge in [-0.3, -0.25) is 19.3 Å². The Morgan fingerprint density at radius 1 is 0.939 bits per heavy atom. The van der Waals surface area contributed by atoms with E-state index in [-0.39, 0.29) is 16.7 Å². The Morgan fingerprint density at radius 2 is 1.73 bits per heavy atom. The van der Waals surface area contributed by atoms with Gasteiger partial charge in [-0.2, -0.15) is 0 Å². The van der Waals surface area contributed by atoms with Crippen LogP contribution in [0.4, 0.5) is 17.1 Å². The highest BCUT2D eigenvalue weighted by atomic mass is 32.2. The van der Waals surface area contributed by atoms with Crippen LogP contribution in [0.1, 0.15) is 28.4 Å². The normalized spacial score (nSPS) is 14.7. The van der Waals surface area contributed by atoms with Gasteiger partial charge in [0.2, 0.25) is 5.91 Å². The van der Waals surface area contributed by atoms with Gasteiger partial charge in [0, 0.05) is 43.8 Å². The molecule has 2 aromatic carbocycles. The highest BCUT2D eigenvalue weighted by Gasteiger charge is 2.28. The molecule has 0 saturated carbocycles. The molecule has 2 aliphatic heterocycles. The second kappa shape index (κ2) is 8.00. The lowest BCUT2D eigenvalue weighted by Gasteiger charge is -2.18. The van der Waals surface area contributed by atoms with Crippen molar-refractivity contribution in [3.8, 4) is 0 Å². The first kappa shape index (κ1) is 21.1. The van der Waals surface area contributed by atoms with Gasteiger partial charge < -0.3 is 9.80 Å². The Kier molecular flexibility index (Phi) is 5.13. The SMILES string of the molecule is CC(=O)N1CCc2cc(S(=O)(=O)Nc3ccc4c(c3)N(C(=O)c3cccnc3)CC4)ccc21. The van der Waals surface area contributed by atoms with Crippen LogP contribution in [0.2, 0.25) is 0 Å². The maximum atomic E-state index is 13.1. The van der Waals surface area contributed by atoms with Crippen LogP contribution < -0.4 is 14.5 Å². The lowest BCUT2D eigenvalue weighted by atomic mass is 10.1. The fourth-order valence-corrected chi connectivity index (χ4v) is 5.48.